The number of hydrogen-bond acceptors (Lipinski definition) is 4. The summed E-state index contributed by atoms with van der Waals surface area (Å²) in [6.07, 6.45) is 0.00870. The van der Waals surface area contributed by atoms with Crippen LogP contribution in [-0.2, 0) is 4.79 Å². The average molecular weight is 383 g/mol. The number of nitrogens with zero attached hydrogens (tertiary/aromatic N) is 2. The van der Waals surface area contributed by atoms with Crippen molar-refractivity contribution in [3.8, 4) is 0 Å². The summed E-state index contributed by atoms with van der Waals surface area (Å²) in [5, 5.41) is 2.80. The largest absolute Gasteiger partial charge is 0.354 e. The molecule has 146 valence electrons. The first-order valence-electron chi connectivity index (χ1n) is 9.02. The molecular weight excluding hydrogens is 361 g/mol. The van der Waals surface area contributed by atoms with Gasteiger partial charge in [0.2, 0.25) is 5.91 Å². The SMILES string of the molecule is CN(C)C(CNC(=O)CCN1C(=O)c2ccccc2C1=O)c1cccc(F)c1. The van der Waals surface area contributed by atoms with Gasteiger partial charge in [-0.2, -0.15) is 0 Å². The lowest BCUT2D eigenvalue weighted by atomic mass is 10.1. The van der Waals surface area contributed by atoms with E-state index in [1.165, 1.54) is 12.1 Å². The molecule has 6 nitrogen and oxygen atoms in total. The summed E-state index contributed by atoms with van der Waals surface area (Å²) in [5.74, 6) is -1.36. The third kappa shape index (κ3) is 4.09. The molecule has 0 saturated heterocycles. The highest BCUT2D eigenvalue weighted by Gasteiger charge is 2.34. The normalized spacial score (nSPS) is 14.4. The van der Waals surface area contributed by atoms with Crippen LogP contribution in [0.4, 0.5) is 4.39 Å². The smallest absolute Gasteiger partial charge is 0.261 e. The van der Waals surface area contributed by atoms with E-state index in [-0.39, 0.29) is 49.1 Å². The molecule has 0 saturated carbocycles. The van der Waals surface area contributed by atoms with Gasteiger partial charge >= 0.3 is 0 Å². The molecule has 1 aliphatic rings. The van der Waals surface area contributed by atoms with E-state index in [0.29, 0.717) is 11.1 Å². The summed E-state index contributed by atoms with van der Waals surface area (Å²) < 4.78 is 13.5. The monoisotopic (exact) mass is 383 g/mol. The third-order valence-electron chi connectivity index (χ3n) is 4.79. The third-order valence-corrected chi connectivity index (χ3v) is 4.79. The molecule has 0 radical (unpaired) electrons. The molecule has 1 N–H and O–H groups in total. The van der Waals surface area contributed by atoms with Gasteiger partial charge in [-0.15, -0.1) is 0 Å². The maximum Gasteiger partial charge on any atom is 0.261 e. The van der Waals surface area contributed by atoms with E-state index < -0.39 is 0 Å². The number of carbonyl (C=O) groups is 3. The number of imide groups is 1. The Morgan fingerprint density at radius 3 is 2.29 bits per heavy atom. The van der Waals surface area contributed by atoms with E-state index in [1.54, 1.807) is 36.4 Å². The van der Waals surface area contributed by atoms with Crippen molar-refractivity contribution in [3.05, 3.63) is 71.0 Å². The fourth-order valence-electron chi connectivity index (χ4n) is 3.27. The van der Waals surface area contributed by atoms with Crippen molar-refractivity contribution in [1.29, 1.82) is 0 Å². The zero-order chi connectivity index (χ0) is 20.3. The standard InChI is InChI=1S/C21H22FN3O3/c1-24(2)18(14-6-5-7-15(22)12-14)13-23-19(26)10-11-25-20(27)16-8-3-4-9-17(16)21(25)28/h3-9,12,18H,10-11,13H2,1-2H3,(H,23,26). The lowest BCUT2D eigenvalue weighted by Crippen LogP contribution is -2.37. The van der Waals surface area contributed by atoms with Crippen LogP contribution in [0, 0.1) is 5.82 Å². The lowest BCUT2D eigenvalue weighted by Gasteiger charge is -2.25. The first-order valence-corrected chi connectivity index (χ1v) is 9.02. The van der Waals surface area contributed by atoms with Crippen LogP contribution in [0.2, 0.25) is 0 Å². The molecule has 2 aromatic rings. The van der Waals surface area contributed by atoms with Crippen molar-refractivity contribution < 1.29 is 18.8 Å². The van der Waals surface area contributed by atoms with Crippen LogP contribution in [0.25, 0.3) is 0 Å². The summed E-state index contributed by atoms with van der Waals surface area (Å²) in [5.41, 5.74) is 1.49. The maximum absolute atomic E-state index is 13.5. The number of amides is 3. The zero-order valence-corrected chi connectivity index (χ0v) is 15.8. The second-order valence-corrected chi connectivity index (χ2v) is 6.90. The molecule has 2 aromatic carbocycles. The van der Waals surface area contributed by atoms with Gasteiger partial charge in [0.25, 0.3) is 11.8 Å². The van der Waals surface area contributed by atoms with Gasteiger partial charge in [0, 0.05) is 19.5 Å². The Morgan fingerprint density at radius 1 is 1.07 bits per heavy atom. The Morgan fingerprint density at radius 2 is 1.71 bits per heavy atom. The minimum absolute atomic E-state index is 0.00870. The predicted octanol–water partition coefficient (Wildman–Crippen LogP) is 2.23. The van der Waals surface area contributed by atoms with Crippen molar-refractivity contribution in [2.24, 2.45) is 0 Å². The van der Waals surface area contributed by atoms with E-state index >= 15 is 0 Å². The first-order chi connectivity index (χ1) is 13.4. The Hall–Kier alpha value is -3.06. The second kappa shape index (κ2) is 8.31. The number of halogens is 1. The predicted molar refractivity (Wildman–Crippen MR) is 102 cm³/mol. The van der Waals surface area contributed by atoms with Gasteiger partial charge in [-0.3, -0.25) is 19.3 Å². The molecule has 1 unspecified atom stereocenters. The topological polar surface area (TPSA) is 69.7 Å². The summed E-state index contributed by atoms with van der Waals surface area (Å²) in [7, 11) is 3.70. The molecule has 0 aliphatic carbocycles. The number of fused-ring (bicyclic) bond motifs is 1. The lowest BCUT2D eigenvalue weighted by molar-refractivity contribution is -0.121. The molecule has 0 aromatic heterocycles. The van der Waals surface area contributed by atoms with Crippen LogP contribution in [0.3, 0.4) is 0 Å². The molecule has 3 rings (SSSR count). The van der Waals surface area contributed by atoms with Gasteiger partial charge in [0.05, 0.1) is 17.2 Å². The van der Waals surface area contributed by atoms with Crippen molar-refractivity contribution in [1.82, 2.24) is 15.1 Å². The van der Waals surface area contributed by atoms with Crippen LogP contribution in [-0.4, -0.2) is 54.7 Å². The number of nitrogens with one attached hydrogen (secondary N) is 1. The Bertz CT molecular complexity index is 878. The van der Waals surface area contributed by atoms with Gasteiger partial charge in [-0.05, 0) is 43.9 Å². The summed E-state index contributed by atoms with van der Waals surface area (Å²) in [6, 6.07) is 12.7. The quantitative estimate of drug-likeness (QED) is 0.745. The van der Waals surface area contributed by atoms with Gasteiger partial charge in [-0.1, -0.05) is 24.3 Å². The van der Waals surface area contributed by atoms with Crippen LogP contribution in [0.5, 0.6) is 0 Å². The number of hydrogen-bond donors (Lipinski definition) is 1. The Labute approximate surface area is 162 Å². The van der Waals surface area contributed by atoms with E-state index in [2.05, 4.69) is 5.32 Å². The zero-order valence-electron chi connectivity index (χ0n) is 15.8. The Kier molecular flexibility index (Phi) is 5.84. The van der Waals surface area contributed by atoms with Gasteiger partial charge in [-0.25, -0.2) is 4.39 Å². The molecule has 1 heterocycles. The van der Waals surface area contributed by atoms with Crippen LogP contribution in [0.1, 0.15) is 38.7 Å². The number of rotatable bonds is 7. The van der Waals surface area contributed by atoms with E-state index in [1.807, 2.05) is 19.0 Å². The first kappa shape index (κ1) is 19.7. The molecule has 1 atom stereocenters. The summed E-state index contributed by atoms with van der Waals surface area (Å²) in [6.45, 7) is 0.308. The van der Waals surface area contributed by atoms with Crippen molar-refractivity contribution in [2.75, 3.05) is 27.2 Å². The second-order valence-electron chi connectivity index (χ2n) is 6.90. The fourth-order valence-corrected chi connectivity index (χ4v) is 3.27. The van der Waals surface area contributed by atoms with Crippen LogP contribution in [0.15, 0.2) is 48.5 Å². The highest BCUT2D eigenvalue weighted by Crippen LogP contribution is 2.22. The van der Waals surface area contributed by atoms with Gasteiger partial charge in [0.15, 0.2) is 0 Å². The fraction of sp³-hybridized carbons (Fsp3) is 0.286. The van der Waals surface area contributed by atoms with Crippen LogP contribution < -0.4 is 5.32 Å². The summed E-state index contributed by atoms with van der Waals surface area (Å²) >= 11 is 0. The number of likely N-dealkylation sites (N-methyl/N-ethyl adjacent to an activating group) is 1. The molecule has 3 amide bonds. The minimum Gasteiger partial charge on any atom is -0.354 e. The molecule has 28 heavy (non-hydrogen) atoms. The Balaban J connectivity index is 1.56. The van der Waals surface area contributed by atoms with E-state index in [0.717, 1.165) is 10.5 Å². The molecular formula is C21H22FN3O3. The molecule has 7 heteroatoms. The number of carbonyl (C=O) groups excluding carboxylic acids is 3. The van der Waals surface area contributed by atoms with Crippen molar-refractivity contribution in [2.45, 2.75) is 12.5 Å². The average Bonchev–Trinajstić information content (AvgIpc) is 2.91. The van der Waals surface area contributed by atoms with Gasteiger partial charge in [0.1, 0.15) is 5.82 Å². The van der Waals surface area contributed by atoms with Crippen molar-refractivity contribution in [3.63, 3.8) is 0 Å². The van der Waals surface area contributed by atoms with E-state index in [9.17, 15) is 18.8 Å². The minimum atomic E-state index is -0.376. The molecule has 0 spiro atoms. The maximum atomic E-state index is 13.5. The highest BCUT2D eigenvalue weighted by atomic mass is 19.1. The highest BCUT2D eigenvalue weighted by molar-refractivity contribution is 6.21. The van der Waals surface area contributed by atoms with Crippen LogP contribution >= 0.6 is 0 Å². The molecule has 0 fully saturated rings. The molecule has 0 bridgehead atoms. The van der Waals surface area contributed by atoms with E-state index in [4.69, 9.17) is 0 Å². The summed E-state index contributed by atoms with van der Waals surface area (Å²) in [4.78, 5) is 39.9. The number of benzene rings is 2. The van der Waals surface area contributed by atoms with Gasteiger partial charge < -0.3 is 10.2 Å². The molecule has 1 aliphatic heterocycles. The van der Waals surface area contributed by atoms with Crippen molar-refractivity contribution >= 4 is 17.7 Å².